The Morgan fingerprint density at radius 1 is 1.39 bits per heavy atom. The molecule has 0 bridgehead atoms. The number of ether oxygens (including phenoxy) is 1. The van der Waals surface area contributed by atoms with Gasteiger partial charge < -0.3 is 15.8 Å². The molecule has 108 valence electrons. The summed E-state index contributed by atoms with van der Waals surface area (Å²) in [5.74, 6) is 0.599. The van der Waals surface area contributed by atoms with Crippen LogP contribution in [0.25, 0.3) is 0 Å². The summed E-state index contributed by atoms with van der Waals surface area (Å²) < 4.78 is 4.92. The van der Waals surface area contributed by atoms with Crippen LogP contribution in [0.1, 0.15) is 27.2 Å². The Bertz CT molecular complexity index is 222. The van der Waals surface area contributed by atoms with E-state index in [0.29, 0.717) is 25.6 Å². The third-order valence-corrected chi connectivity index (χ3v) is 2.78. The summed E-state index contributed by atoms with van der Waals surface area (Å²) in [4.78, 5) is 14.2. The molecule has 0 aromatic rings. The summed E-state index contributed by atoms with van der Waals surface area (Å²) in [6.45, 7) is 9.81. The third kappa shape index (κ3) is 7.63. The zero-order chi connectivity index (χ0) is 14.0. The van der Waals surface area contributed by atoms with E-state index < -0.39 is 0 Å². The summed E-state index contributed by atoms with van der Waals surface area (Å²) in [7, 11) is 1.63. The van der Waals surface area contributed by atoms with Gasteiger partial charge in [0, 0.05) is 26.7 Å². The van der Waals surface area contributed by atoms with E-state index in [1.807, 2.05) is 6.92 Å². The Balaban J connectivity index is 4.23. The molecule has 0 aliphatic carbocycles. The molecule has 0 aliphatic rings. The first kappa shape index (κ1) is 17.4. The fourth-order valence-corrected chi connectivity index (χ4v) is 1.80. The van der Waals surface area contributed by atoms with Gasteiger partial charge in [0.1, 0.15) is 0 Å². The van der Waals surface area contributed by atoms with Crippen LogP contribution in [0, 0.1) is 5.92 Å². The van der Waals surface area contributed by atoms with Gasteiger partial charge in [-0.1, -0.05) is 13.8 Å². The number of nitrogens with one attached hydrogen (secondary N) is 1. The highest BCUT2D eigenvalue weighted by molar-refractivity contribution is 5.81. The van der Waals surface area contributed by atoms with Crippen molar-refractivity contribution >= 4 is 5.91 Å². The van der Waals surface area contributed by atoms with E-state index in [1.165, 1.54) is 0 Å². The van der Waals surface area contributed by atoms with Gasteiger partial charge in [-0.2, -0.15) is 0 Å². The van der Waals surface area contributed by atoms with E-state index in [9.17, 15) is 4.79 Å². The molecule has 0 spiro atoms. The summed E-state index contributed by atoms with van der Waals surface area (Å²) in [5.41, 5.74) is 5.54. The third-order valence-electron chi connectivity index (χ3n) is 2.78. The van der Waals surface area contributed by atoms with Gasteiger partial charge in [-0.3, -0.25) is 9.69 Å². The summed E-state index contributed by atoms with van der Waals surface area (Å²) in [6.07, 6.45) is 0.919. The molecule has 0 saturated carbocycles. The fraction of sp³-hybridized carbons (Fsp3) is 0.923. The number of hydrogen-bond acceptors (Lipinski definition) is 4. The van der Waals surface area contributed by atoms with Crippen LogP contribution in [0.4, 0.5) is 0 Å². The second kappa shape index (κ2) is 10.3. The number of amides is 1. The van der Waals surface area contributed by atoms with Gasteiger partial charge in [-0.05, 0) is 25.8 Å². The minimum Gasteiger partial charge on any atom is -0.383 e. The lowest BCUT2D eigenvalue weighted by atomic mass is 10.1. The molecular formula is C13H29N3O2. The molecule has 1 amide bonds. The zero-order valence-corrected chi connectivity index (χ0v) is 12.2. The smallest absolute Gasteiger partial charge is 0.237 e. The van der Waals surface area contributed by atoms with Crippen LogP contribution in [0.3, 0.4) is 0 Å². The first-order valence-corrected chi connectivity index (χ1v) is 6.73. The molecule has 3 N–H and O–H groups in total. The highest BCUT2D eigenvalue weighted by Crippen LogP contribution is 2.05. The molecule has 0 aliphatic heterocycles. The van der Waals surface area contributed by atoms with Crippen molar-refractivity contribution in [3.05, 3.63) is 0 Å². The molecule has 0 radical (unpaired) electrons. The van der Waals surface area contributed by atoms with Crippen molar-refractivity contribution in [1.82, 2.24) is 10.2 Å². The first-order valence-electron chi connectivity index (χ1n) is 6.73. The van der Waals surface area contributed by atoms with Crippen molar-refractivity contribution in [1.29, 1.82) is 0 Å². The lowest BCUT2D eigenvalue weighted by molar-refractivity contribution is -0.126. The van der Waals surface area contributed by atoms with E-state index in [1.54, 1.807) is 7.11 Å². The van der Waals surface area contributed by atoms with Crippen LogP contribution < -0.4 is 11.1 Å². The molecule has 18 heavy (non-hydrogen) atoms. The SMILES string of the molecule is COCCNC(=O)C(C)N(CCCN)CC(C)C. The Kier molecular flexibility index (Phi) is 9.92. The number of nitrogens with zero attached hydrogens (tertiary/aromatic N) is 1. The first-order chi connectivity index (χ1) is 8.52. The molecule has 1 unspecified atom stereocenters. The molecule has 0 saturated heterocycles. The van der Waals surface area contributed by atoms with E-state index in [0.717, 1.165) is 19.5 Å². The maximum absolute atomic E-state index is 12.0. The van der Waals surface area contributed by atoms with Gasteiger partial charge in [0.2, 0.25) is 5.91 Å². The van der Waals surface area contributed by atoms with Crippen molar-refractivity contribution in [2.24, 2.45) is 11.7 Å². The number of carbonyl (C=O) groups is 1. The van der Waals surface area contributed by atoms with Crippen LogP contribution in [-0.2, 0) is 9.53 Å². The van der Waals surface area contributed by atoms with Crippen LogP contribution in [0.15, 0.2) is 0 Å². The number of hydrogen-bond donors (Lipinski definition) is 2. The summed E-state index contributed by atoms with van der Waals surface area (Å²) in [5, 5.41) is 2.88. The maximum atomic E-state index is 12.0. The number of methoxy groups -OCH3 is 1. The van der Waals surface area contributed by atoms with E-state index in [-0.39, 0.29) is 11.9 Å². The molecule has 0 heterocycles. The number of rotatable bonds is 10. The van der Waals surface area contributed by atoms with Crippen molar-refractivity contribution in [2.75, 3.05) is 39.9 Å². The summed E-state index contributed by atoms with van der Waals surface area (Å²) >= 11 is 0. The number of carbonyl (C=O) groups excluding carboxylic acids is 1. The second-order valence-electron chi connectivity index (χ2n) is 4.99. The highest BCUT2D eigenvalue weighted by atomic mass is 16.5. The molecule has 0 rings (SSSR count). The Morgan fingerprint density at radius 2 is 2.06 bits per heavy atom. The minimum atomic E-state index is -0.115. The molecule has 0 aromatic heterocycles. The van der Waals surface area contributed by atoms with Crippen molar-refractivity contribution < 1.29 is 9.53 Å². The molecule has 0 aromatic carbocycles. The standard InChI is InChI=1S/C13H29N3O2/c1-11(2)10-16(8-5-6-14)12(3)13(17)15-7-9-18-4/h11-12H,5-10,14H2,1-4H3,(H,15,17). The maximum Gasteiger partial charge on any atom is 0.237 e. The molecule has 5 nitrogen and oxygen atoms in total. The van der Waals surface area contributed by atoms with Crippen LogP contribution in [-0.4, -0.2) is 56.7 Å². The average molecular weight is 259 g/mol. The Labute approximate surface area is 111 Å². The van der Waals surface area contributed by atoms with Crippen LogP contribution in [0.5, 0.6) is 0 Å². The fourth-order valence-electron chi connectivity index (χ4n) is 1.80. The molecule has 5 heteroatoms. The van der Waals surface area contributed by atoms with Gasteiger partial charge in [-0.15, -0.1) is 0 Å². The molecule has 1 atom stereocenters. The normalized spacial score (nSPS) is 13.1. The van der Waals surface area contributed by atoms with Crippen LogP contribution in [0.2, 0.25) is 0 Å². The predicted molar refractivity (Wildman–Crippen MR) is 74.4 cm³/mol. The Hall–Kier alpha value is -0.650. The van der Waals surface area contributed by atoms with Crippen molar-refractivity contribution in [3.63, 3.8) is 0 Å². The van der Waals surface area contributed by atoms with Crippen LogP contribution >= 0.6 is 0 Å². The van der Waals surface area contributed by atoms with Gasteiger partial charge >= 0.3 is 0 Å². The topological polar surface area (TPSA) is 67.6 Å². The Morgan fingerprint density at radius 3 is 2.56 bits per heavy atom. The predicted octanol–water partition coefficient (Wildman–Crippen LogP) is 0.444. The molecular weight excluding hydrogens is 230 g/mol. The monoisotopic (exact) mass is 259 g/mol. The lowest BCUT2D eigenvalue weighted by Crippen LogP contribution is -2.47. The zero-order valence-electron chi connectivity index (χ0n) is 12.2. The van der Waals surface area contributed by atoms with Crippen molar-refractivity contribution in [3.8, 4) is 0 Å². The van der Waals surface area contributed by atoms with E-state index in [2.05, 4.69) is 24.1 Å². The van der Waals surface area contributed by atoms with Gasteiger partial charge in [0.15, 0.2) is 0 Å². The van der Waals surface area contributed by atoms with Gasteiger partial charge in [-0.25, -0.2) is 0 Å². The molecule has 0 fully saturated rings. The average Bonchev–Trinajstić information content (AvgIpc) is 2.33. The van der Waals surface area contributed by atoms with Gasteiger partial charge in [0.25, 0.3) is 0 Å². The van der Waals surface area contributed by atoms with E-state index >= 15 is 0 Å². The van der Waals surface area contributed by atoms with Crippen molar-refractivity contribution in [2.45, 2.75) is 33.2 Å². The second-order valence-corrected chi connectivity index (χ2v) is 4.99. The van der Waals surface area contributed by atoms with E-state index in [4.69, 9.17) is 10.5 Å². The summed E-state index contributed by atoms with van der Waals surface area (Å²) in [6, 6.07) is -0.115. The number of nitrogens with two attached hydrogens (primary N) is 1. The highest BCUT2D eigenvalue weighted by Gasteiger charge is 2.21. The largest absolute Gasteiger partial charge is 0.383 e. The van der Waals surface area contributed by atoms with Gasteiger partial charge in [0.05, 0.1) is 12.6 Å². The lowest BCUT2D eigenvalue weighted by Gasteiger charge is -2.29. The minimum absolute atomic E-state index is 0.0599. The quantitative estimate of drug-likeness (QED) is 0.559.